The van der Waals surface area contributed by atoms with E-state index in [-0.39, 0.29) is 13.2 Å². The third-order valence-corrected chi connectivity index (χ3v) is 1.46. The molecule has 0 amide bonds. The Balaban J connectivity index is 3.77. The molecule has 0 rings (SSSR count). The van der Waals surface area contributed by atoms with Gasteiger partial charge in [0.15, 0.2) is 0 Å². The molecule has 0 bridgehead atoms. The van der Waals surface area contributed by atoms with Crippen LogP contribution in [0.15, 0.2) is 23.3 Å². The molecule has 2 nitrogen and oxygen atoms in total. The van der Waals surface area contributed by atoms with Crippen molar-refractivity contribution in [1.29, 1.82) is 0 Å². The fourth-order valence-corrected chi connectivity index (χ4v) is 0.639. The fraction of sp³-hybridized carbons (Fsp3) is 0.556. The van der Waals surface area contributed by atoms with Gasteiger partial charge in [-0.05, 0) is 20.3 Å². The second kappa shape index (κ2) is 6.13. The normalized spacial score (nSPS) is 13.8. The number of hydrogen-bond donors (Lipinski definition) is 2. The quantitative estimate of drug-likeness (QED) is 0.601. The van der Waals surface area contributed by atoms with Gasteiger partial charge >= 0.3 is 0 Å². The van der Waals surface area contributed by atoms with Gasteiger partial charge < -0.3 is 10.2 Å². The molecule has 0 aliphatic carbocycles. The number of aliphatic hydroxyl groups is 2. The third-order valence-electron chi connectivity index (χ3n) is 1.46. The molecular weight excluding hydrogens is 140 g/mol. The summed E-state index contributed by atoms with van der Waals surface area (Å²) in [5.41, 5.74) is 2.09. The van der Waals surface area contributed by atoms with Gasteiger partial charge in [0, 0.05) is 0 Å². The predicted molar refractivity (Wildman–Crippen MR) is 46.3 cm³/mol. The van der Waals surface area contributed by atoms with E-state index in [1.54, 1.807) is 6.08 Å². The Morgan fingerprint density at radius 3 is 2.18 bits per heavy atom. The van der Waals surface area contributed by atoms with Crippen LogP contribution in [0, 0.1) is 0 Å². The van der Waals surface area contributed by atoms with Crippen LogP contribution in [0.25, 0.3) is 0 Å². The number of allylic oxidation sites excluding steroid dienone is 2. The summed E-state index contributed by atoms with van der Waals surface area (Å²) in [4.78, 5) is 0. The largest absolute Gasteiger partial charge is 0.392 e. The van der Waals surface area contributed by atoms with Crippen molar-refractivity contribution in [1.82, 2.24) is 0 Å². The number of hydrogen-bond acceptors (Lipinski definition) is 2. The second-order valence-corrected chi connectivity index (χ2v) is 2.65. The zero-order valence-electron chi connectivity index (χ0n) is 7.17. The molecule has 0 aromatic rings. The van der Waals surface area contributed by atoms with Crippen molar-refractivity contribution in [3.63, 3.8) is 0 Å². The summed E-state index contributed by atoms with van der Waals surface area (Å²) in [5, 5.41) is 17.2. The molecule has 2 heteroatoms. The number of aliphatic hydroxyl groups excluding tert-OH is 2. The molecule has 11 heavy (non-hydrogen) atoms. The highest BCUT2D eigenvalue weighted by Gasteiger charge is 1.87. The maximum Gasteiger partial charge on any atom is 0.0639 e. The van der Waals surface area contributed by atoms with Gasteiger partial charge in [-0.2, -0.15) is 0 Å². The zero-order chi connectivity index (χ0) is 8.69. The first-order chi connectivity index (χ1) is 5.20. The molecule has 0 radical (unpaired) electrons. The van der Waals surface area contributed by atoms with Gasteiger partial charge in [-0.15, -0.1) is 0 Å². The highest BCUT2D eigenvalue weighted by atomic mass is 16.3. The first-order valence-corrected chi connectivity index (χ1v) is 3.73. The highest BCUT2D eigenvalue weighted by molar-refractivity contribution is 5.08. The second-order valence-electron chi connectivity index (χ2n) is 2.65. The van der Waals surface area contributed by atoms with Crippen LogP contribution in [0.1, 0.15) is 20.3 Å². The van der Waals surface area contributed by atoms with Gasteiger partial charge in [0.05, 0.1) is 13.2 Å². The lowest BCUT2D eigenvalue weighted by Crippen LogP contribution is -1.85. The molecule has 0 aromatic heterocycles. The summed E-state index contributed by atoms with van der Waals surface area (Å²) in [6.07, 6.45) is 4.54. The summed E-state index contributed by atoms with van der Waals surface area (Å²) >= 11 is 0. The van der Waals surface area contributed by atoms with Crippen molar-refractivity contribution in [2.24, 2.45) is 0 Å². The topological polar surface area (TPSA) is 40.5 Å². The van der Waals surface area contributed by atoms with Crippen LogP contribution in [0.3, 0.4) is 0 Å². The van der Waals surface area contributed by atoms with E-state index in [1.807, 2.05) is 19.9 Å². The lowest BCUT2D eigenvalue weighted by atomic mass is 10.1. The average Bonchev–Trinajstić information content (AvgIpc) is 2.01. The summed E-state index contributed by atoms with van der Waals surface area (Å²) in [6, 6.07) is 0. The van der Waals surface area contributed by atoms with E-state index in [1.165, 1.54) is 0 Å². The molecule has 0 saturated carbocycles. The summed E-state index contributed by atoms with van der Waals surface area (Å²) in [6.45, 7) is 4.05. The molecule has 0 aliphatic heterocycles. The van der Waals surface area contributed by atoms with Crippen LogP contribution in [-0.4, -0.2) is 23.4 Å². The lowest BCUT2D eigenvalue weighted by molar-refractivity contribution is 0.331. The van der Waals surface area contributed by atoms with Crippen molar-refractivity contribution >= 4 is 0 Å². The Labute approximate surface area is 67.9 Å². The summed E-state index contributed by atoms with van der Waals surface area (Å²) in [7, 11) is 0. The van der Waals surface area contributed by atoms with Crippen molar-refractivity contribution < 1.29 is 10.2 Å². The van der Waals surface area contributed by atoms with Gasteiger partial charge in [-0.3, -0.25) is 0 Å². The van der Waals surface area contributed by atoms with Crippen molar-refractivity contribution in [3.8, 4) is 0 Å². The molecule has 0 heterocycles. The van der Waals surface area contributed by atoms with Crippen LogP contribution in [-0.2, 0) is 0 Å². The average molecular weight is 156 g/mol. The monoisotopic (exact) mass is 156 g/mol. The molecule has 0 fully saturated rings. The van der Waals surface area contributed by atoms with E-state index < -0.39 is 0 Å². The molecule has 0 aliphatic rings. The molecular formula is C9H16O2. The molecule has 64 valence electrons. The SMILES string of the molecule is C/C(=C\C/C(C)=C/CO)CO. The van der Waals surface area contributed by atoms with Gasteiger partial charge in [-0.25, -0.2) is 0 Å². The van der Waals surface area contributed by atoms with E-state index in [4.69, 9.17) is 10.2 Å². The zero-order valence-corrected chi connectivity index (χ0v) is 7.17. The van der Waals surface area contributed by atoms with Gasteiger partial charge in [0.2, 0.25) is 0 Å². The Morgan fingerprint density at radius 2 is 1.73 bits per heavy atom. The maximum atomic E-state index is 8.64. The van der Waals surface area contributed by atoms with Crippen LogP contribution in [0.4, 0.5) is 0 Å². The third kappa shape index (κ3) is 5.83. The maximum absolute atomic E-state index is 8.64. The van der Waals surface area contributed by atoms with Gasteiger partial charge in [-0.1, -0.05) is 23.3 Å². The Hall–Kier alpha value is -0.600. The summed E-state index contributed by atoms with van der Waals surface area (Å²) < 4.78 is 0. The van der Waals surface area contributed by atoms with E-state index >= 15 is 0 Å². The molecule has 0 spiro atoms. The lowest BCUT2D eigenvalue weighted by Gasteiger charge is -1.96. The summed E-state index contributed by atoms with van der Waals surface area (Å²) in [5.74, 6) is 0. The standard InChI is InChI=1S/C9H16O2/c1-8(5-6-10)3-4-9(2)7-11/h4-5,10-11H,3,6-7H2,1-2H3/b8-5+,9-4+. The smallest absolute Gasteiger partial charge is 0.0639 e. The molecule has 0 saturated heterocycles. The first-order valence-electron chi connectivity index (χ1n) is 3.73. The van der Waals surface area contributed by atoms with Crippen LogP contribution in [0.5, 0.6) is 0 Å². The fourth-order valence-electron chi connectivity index (χ4n) is 0.639. The Kier molecular flexibility index (Phi) is 5.80. The Bertz CT molecular complexity index is 157. The molecule has 0 atom stereocenters. The number of rotatable bonds is 4. The molecule has 0 aromatic carbocycles. The van der Waals surface area contributed by atoms with E-state index in [0.717, 1.165) is 17.6 Å². The first kappa shape index (κ1) is 10.4. The van der Waals surface area contributed by atoms with E-state index in [9.17, 15) is 0 Å². The Morgan fingerprint density at radius 1 is 1.09 bits per heavy atom. The van der Waals surface area contributed by atoms with Crippen LogP contribution >= 0.6 is 0 Å². The minimum atomic E-state index is 0.0951. The molecule has 2 N–H and O–H groups in total. The van der Waals surface area contributed by atoms with Crippen LogP contribution < -0.4 is 0 Å². The van der Waals surface area contributed by atoms with Gasteiger partial charge in [0.1, 0.15) is 0 Å². The van der Waals surface area contributed by atoms with Gasteiger partial charge in [0.25, 0.3) is 0 Å². The van der Waals surface area contributed by atoms with Crippen molar-refractivity contribution in [2.45, 2.75) is 20.3 Å². The van der Waals surface area contributed by atoms with Crippen molar-refractivity contribution in [2.75, 3.05) is 13.2 Å². The molecule has 0 unspecified atom stereocenters. The van der Waals surface area contributed by atoms with E-state index in [0.29, 0.717) is 0 Å². The highest BCUT2D eigenvalue weighted by Crippen LogP contribution is 2.03. The van der Waals surface area contributed by atoms with E-state index in [2.05, 4.69) is 0 Å². The minimum Gasteiger partial charge on any atom is -0.392 e. The predicted octanol–water partition coefficient (Wildman–Crippen LogP) is 1.25. The minimum absolute atomic E-state index is 0.0951. The van der Waals surface area contributed by atoms with Crippen LogP contribution in [0.2, 0.25) is 0 Å². The van der Waals surface area contributed by atoms with Crippen molar-refractivity contribution in [3.05, 3.63) is 23.3 Å².